The van der Waals surface area contributed by atoms with Crippen LogP contribution in [0.1, 0.15) is 56.3 Å². The van der Waals surface area contributed by atoms with Crippen molar-refractivity contribution in [3.05, 3.63) is 35.3 Å². The number of rotatable bonds is 5. The summed E-state index contributed by atoms with van der Waals surface area (Å²) in [6.45, 7) is 1.58. The molecule has 6 nitrogen and oxygen atoms in total. The molecule has 7 rings (SSSR count). The molecule has 1 unspecified atom stereocenters. The maximum absolute atomic E-state index is 15.6. The number of hydrogen-bond acceptors (Lipinski definition) is 5. The lowest BCUT2D eigenvalue weighted by molar-refractivity contribution is -0.130. The Balaban J connectivity index is 1.46. The highest BCUT2D eigenvalue weighted by molar-refractivity contribution is 5.88. The Labute approximate surface area is 192 Å². The highest BCUT2D eigenvalue weighted by Gasteiger charge is 2.60. The third-order valence-corrected chi connectivity index (χ3v) is 7.99. The van der Waals surface area contributed by atoms with Crippen LogP contribution in [0.15, 0.2) is 12.3 Å². The van der Waals surface area contributed by atoms with E-state index >= 15 is 4.39 Å². The predicted molar refractivity (Wildman–Crippen MR) is 114 cm³/mol. The zero-order valence-electron chi connectivity index (χ0n) is 18.5. The Morgan fingerprint density at radius 2 is 1.85 bits per heavy atom. The number of carbonyl (C=O) groups is 1. The second-order valence-electron chi connectivity index (χ2n) is 10.0. The molecule has 3 heterocycles. The van der Waals surface area contributed by atoms with E-state index in [4.69, 9.17) is 0 Å². The minimum absolute atomic E-state index is 0.0238. The minimum atomic E-state index is -3.03. The van der Waals surface area contributed by atoms with Gasteiger partial charge in [0.15, 0.2) is 17.3 Å². The quantitative estimate of drug-likeness (QED) is 0.528. The normalized spacial score (nSPS) is 29.5. The minimum Gasteiger partial charge on any atom is -0.300 e. The molecule has 3 aromatic rings. The van der Waals surface area contributed by atoms with Gasteiger partial charge in [-0.3, -0.25) is 9.89 Å². The topological polar surface area (TPSA) is 84.4 Å². The molecule has 178 valence electrons. The number of ketones is 1. The van der Waals surface area contributed by atoms with Crippen molar-refractivity contribution in [2.24, 2.45) is 23.7 Å². The zero-order chi connectivity index (χ0) is 23.8. The van der Waals surface area contributed by atoms with Crippen molar-refractivity contribution in [2.45, 2.75) is 57.3 Å². The average Bonchev–Trinajstić information content (AvgIpc) is 3.24. The summed E-state index contributed by atoms with van der Waals surface area (Å²) < 4.78 is 57.4. The summed E-state index contributed by atoms with van der Waals surface area (Å²) >= 11 is 0. The fourth-order valence-electron chi connectivity index (χ4n) is 6.27. The van der Waals surface area contributed by atoms with Crippen molar-refractivity contribution in [1.82, 2.24) is 25.1 Å². The fraction of sp³-hybridized carbons (Fsp3) is 0.542. The van der Waals surface area contributed by atoms with Crippen molar-refractivity contribution in [3.63, 3.8) is 0 Å². The summed E-state index contributed by atoms with van der Waals surface area (Å²) in [4.78, 5) is 25.0. The summed E-state index contributed by atoms with van der Waals surface area (Å²) in [5, 5.41) is 7.00. The first kappa shape index (κ1) is 21.6. The van der Waals surface area contributed by atoms with Crippen LogP contribution in [-0.2, 0) is 11.2 Å². The highest BCUT2D eigenvalue weighted by atomic mass is 19.3. The SMILES string of the molecule is CC(=O)[C@H]1C2CCC(CC2)[C@@H]1Cc1nc(-c2[nH]nc3ncc(F)cc23)nc(C2CC2(F)F)c1F. The van der Waals surface area contributed by atoms with E-state index in [9.17, 15) is 18.0 Å². The van der Waals surface area contributed by atoms with Gasteiger partial charge in [0.1, 0.15) is 17.3 Å². The van der Waals surface area contributed by atoms with Crippen LogP contribution in [0, 0.1) is 35.3 Å². The maximum Gasteiger partial charge on any atom is 0.257 e. The predicted octanol–water partition coefficient (Wildman–Crippen LogP) is 5.00. The molecular formula is C24H23F4N5O. The molecule has 3 atom stereocenters. The summed E-state index contributed by atoms with van der Waals surface area (Å²) in [5.41, 5.74) is 0.100. The van der Waals surface area contributed by atoms with Crippen LogP contribution in [-0.4, -0.2) is 36.9 Å². The van der Waals surface area contributed by atoms with Gasteiger partial charge in [0.25, 0.3) is 5.92 Å². The number of hydrogen-bond donors (Lipinski definition) is 1. The van der Waals surface area contributed by atoms with E-state index in [-0.39, 0.29) is 69.8 Å². The van der Waals surface area contributed by atoms with Crippen LogP contribution in [0.25, 0.3) is 22.6 Å². The zero-order valence-corrected chi connectivity index (χ0v) is 18.5. The summed E-state index contributed by atoms with van der Waals surface area (Å²) in [6.07, 6.45) is 4.63. The number of pyridine rings is 1. The lowest BCUT2D eigenvalue weighted by Gasteiger charge is -2.47. The number of carbonyl (C=O) groups excluding carboxylic acids is 1. The van der Waals surface area contributed by atoms with Crippen LogP contribution in [0.2, 0.25) is 0 Å². The molecule has 10 heteroatoms. The first-order valence-electron chi connectivity index (χ1n) is 11.7. The van der Waals surface area contributed by atoms with E-state index in [1.807, 2.05) is 0 Å². The Hall–Kier alpha value is -2.91. The summed E-state index contributed by atoms with van der Waals surface area (Å²) in [5.74, 6) is -5.45. The smallest absolute Gasteiger partial charge is 0.257 e. The van der Waals surface area contributed by atoms with Crippen LogP contribution in [0.3, 0.4) is 0 Å². The number of halogens is 4. The molecular weight excluding hydrogens is 450 g/mol. The van der Waals surface area contributed by atoms with E-state index in [1.54, 1.807) is 6.92 Å². The van der Waals surface area contributed by atoms with E-state index in [0.29, 0.717) is 0 Å². The number of Topliss-reactive ketones (excluding diaryl/α,β-unsaturated/α-hetero) is 1. The van der Waals surface area contributed by atoms with E-state index in [1.165, 1.54) is 6.07 Å². The number of H-pyrrole nitrogens is 1. The highest BCUT2D eigenvalue weighted by Crippen LogP contribution is 2.56. The van der Waals surface area contributed by atoms with Gasteiger partial charge < -0.3 is 0 Å². The summed E-state index contributed by atoms with van der Waals surface area (Å²) in [7, 11) is 0. The Kier molecular flexibility index (Phi) is 4.80. The number of fused-ring (bicyclic) bond motifs is 4. The molecule has 4 saturated carbocycles. The molecule has 3 aromatic heterocycles. The molecule has 1 N–H and O–H groups in total. The third-order valence-electron chi connectivity index (χ3n) is 7.99. The first-order valence-corrected chi connectivity index (χ1v) is 11.7. The monoisotopic (exact) mass is 473 g/mol. The Morgan fingerprint density at radius 1 is 1.15 bits per heavy atom. The molecule has 0 aliphatic heterocycles. The van der Waals surface area contributed by atoms with Gasteiger partial charge >= 0.3 is 0 Å². The van der Waals surface area contributed by atoms with Crippen molar-refractivity contribution in [1.29, 1.82) is 0 Å². The van der Waals surface area contributed by atoms with Crippen LogP contribution >= 0.6 is 0 Å². The molecule has 0 radical (unpaired) electrons. The number of alkyl halides is 2. The molecule has 4 aliphatic rings. The van der Waals surface area contributed by atoms with Crippen molar-refractivity contribution >= 4 is 16.8 Å². The molecule has 2 bridgehead atoms. The molecule has 0 saturated heterocycles. The maximum atomic E-state index is 15.6. The fourth-order valence-corrected chi connectivity index (χ4v) is 6.27. The molecule has 0 amide bonds. The van der Waals surface area contributed by atoms with Crippen LogP contribution < -0.4 is 0 Å². The number of aromatic amines is 1. The second kappa shape index (κ2) is 7.55. The van der Waals surface area contributed by atoms with Gasteiger partial charge in [-0.25, -0.2) is 32.5 Å². The lowest BCUT2D eigenvalue weighted by atomic mass is 9.56. The first-order chi connectivity index (χ1) is 16.2. The van der Waals surface area contributed by atoms with Gasteiger partial charge in [-0.1, -0.05) is 0 Å². The molecule has 4 fully saturated rings. The molecule has 4 aliphatic carbocycles. The van der Waals surface area contributed by atoms with Gasteiger partial charge in [-0.05, 0) is 62.8 Å². The largest absolute Gasteiger partial charge is 0.300 e. The molecule has 0 spiro atoms. The van der Waals surface area contributed by atoms with Crippen LogP contribution in [0.5, 0.6) is 0 Å². The van der Waals surface area contributed by atoms with E-state index < -0.39 is 29.9 Å². The van der Waals surface area contributed by atoms with E-state index in [2.05, 4.69) is 25.1 Å². The van der Waals surface area contributed by atoms with Crippen molar-refractivity contribution in [3.8, 4) is 11.5 Å². The second-order valence-corrected chi connectivity index (χ2v) is 10.0. The van der Waals surface area contributed by atoms with E-state index in [0.717, 1.165) is 31.9 Å². The van der Waals surface area contributed by atoms with Crippen LogP contribution in [0.4, 0.5) is 17.6 Å². The third kappa shape index (κ3) is 3.41. The number of nitrogens with zero attached hydrogens (tertiary/aromatic N) is 4. The van der Waals surface area contributed by atoms with Gasteiger partial charge in [0.05, 0.1) is 28.9 Å². The van der Waals surface area contributed by atoms with Gasteiger partial charge in [-0.2, -0.15) is 5.10 Å². The van der Waals surface area contributed by atoms with Crippen molar-refractivity contribution in [2.75, 3.05) is 0 Å². The molecule has 34 heavy (non-hydrogen) atoms. The summed E-state index contributed by atoms with van der Waals surface area (Å²) in [6, 6.07) is 1.20. The standard InChI is InChI=1S/C24H23F4N5O/c1-10(34)18-12-4-2-11(3-5-12)14(18)7-17-19(26)21(16-8-24(16,27)28)31-23(30-17)20-15-6-13(25)9-29-22(15)33-32-20/h6,9,11-12,14,16,18H,2-5,7-8H2,1H3,(H,29,32,33)/t11?,12?,14-,16?,18-/m0/s1. The van der Waals surface area contributed by atoms with Gasteiger partial charge in [0, 0.05) is 12.3 Å². The number of nitrogens with one attached hydrogen (secondary N) is 1. The lowest BCUT2D eigenvalue weighted by Crippen LogP contribution is -2.44. The average molecular weight is 473 g/mol. The number of aromatic nitrogens is 5. The Morgan fingerprint density at radius 3 is 2.53 bits per heavy atom. The molecule has 0 aromatic carbocycles. The van der Waals surface area contributed by atoms with Gasteiger partial charge in [0.2, 0.25) is 0 Å². The van der Waals surface area contributed by atoms with Crippen molar-refractivity contribution < 1.29 is 22.4 Å². The Bertz CT molecular complexity index is 1300. The van der Waals surface area contributed by atoms with Gasteiger partial charge in [-0.15, -0.1) is 0 Å².